The maximum atomic E-state index is 13.1. The van der Waals surface area contributed by atoms with Gasteiger partial charge in [-0.05, 0) is 54.8 Å². The Morgan fingerprint density at radius 3 is 2.58 bits per heavy atom. The van der Waals surface area contributed by atoms with Crippen LogP contribution in [-0.2, 0) is 16.6 Å². The van der Waals surface area contributed by atoms with Crippen LogP contribution in [-0.4, -0.2) is 30.6 Å². The lowest BCUT2D eigenvalue weighted by molar-refractivity contribution is -0.121. The Kier molecular flexibility index (Phi) is 6.03. The topological polar surface area (TPSA) is 73.6 Å². The zero-order valence-electron chi connectivity index (χ0n) is 18.4. The molecule has 0 bridgehead atoms. The zero-order chi connectivity index (χ0) is 22.7. The minimum atomic E-state index is -0.300. The lowest BCUT2D eigenvalue weighted by Crippen LogP contribution is -2.39. The fraction of sp³-hybridized carbons (Fsp3) is 0.385. The predicted octanol–water partition coefficient (Wildman–Crippen LogP) is 4.81. The van der Waals surface area contributed by atoms with E-state index >= 15 is 0 Å². The predicted molar refractivity (Wildman–Crippen MR) is 121 cm³/mol. The quantitative estimate of drug-likeness (QED) is 0.559. The molecule has 1 aromatic heterocycles. The fourth-order valence-corrected chi connectivity index (χ4v) is 4.74. The number of ether oxygens (including phenoxy) is 2. The summed E-state index contributed by atoms with van der Waals surface area (Å²) in [6, 6.07) is 12.2. The van der Waals surface area contributed by atoms with Gasteiger partial charge in [-0.3, -0.25) is 4.79 Å². The van der Waals surface area contributed by atoms with Gasteiger partial charge in [-0.2, -0.15) is 0 Å². The Hall–Kier alpha value is -3.35. The number of hydrogen-bond acceptors (Lipinski definition) is 5. The molecule has 6 nitrogen and oxygen atoms in total. The molecule has 0 spiro atoms. The van der Waals surface area contributed by atoms with Crippen LogP contribution in [0.25, 0.3) is 11.3 Å². The van der Waals surface area contributed by atoms with Crippen LogP contribution in [0.2, 0.25) is 0 Å². The molecule has 2 aliphatic rings. The standard InChI is InChI=1S/C26H27FN2O4/c27-20-6-3-18(4-7-20)23-16-28-25(33-23)10-9-24(30)29-17-26(11-1-2-12-26)19-5-8-21-22(15-19)32-14-13-31-21/h3-8,15-16H,1-2,9-14,17H2,(H,29,30). The summed E-state index contributed by atoms with van der Waals surface area (Å²) in [6.07, 6.45) is 6.67. The van der Waals surface area contributed by atoms with Gasteiger partial charge in [0.15, 0.2) is 23.1 Å². The summed E-state index contributed by atoms with van der Waals surface area (Å²) in [4.78, 5) is 16.9. The van der Waals surface area contributed by atoms with Crippen molar-refractivity contribution in [1.29, 1.82) is 0 Å². The summed E-state index contributed by atoms with van der Waals surface area (Å²) in [5.74, 6) is 2.30. The second kappa shape index (κ2) is 9.25. The van der Waals surface area contributed by atoms with Gasteiger partial charge in [0.2, 0.25) is 5.91 Å². The second-order valence-electron chi connectivity index (χ2n) is 8.75. The number of benzene rings is 2. The van der Waals surface area contributed by atoms with E-state index in [1.807, 2.05) is 6.07 Å². The van der Waals surface area contributed by atoms with Crippen molar-refractivity contribution in [2.75, 3.05) is 19.8 Å². The van der Waals surface area contributed by atoms with Gasteiger partial charge >= 0.3 is 0 Å². The molecule has 1 N–H and O–H groups in total. The van der Waals surface area contributed by atoms with Crippen LogP contribution in [0.15, 0.2) is 53.1 Å². The van der Waals surface area contributed by atoms with E-state index in [9.17, 15) is 9.18 Å². The molecule has 0 radical (unpaired) electrons. The third-order valence-corrected chi connectivity index (χ3v) is 6.59. The van der Waals surface area contributed by atoms with Gasteiger partial charge in [0, 0.05) is 30.4 Å². The number of aromatic nitrogens is 1. The Balaban J connectivity index is 1.19. The maximum absolute atomic E-state index is 13.1. The summed E-state index contributed by atoms with van der Waals surface area (Å²) in [5, 5.41) is 3.14. The normalized spacial score (nSPS) is 16.5. The number of carbonyl (C=O) groups excluding carboxylic acids is 1. The van der Waals surface area contributed by atoms with Gasteiger partial charge in [-0.15, -0.1) is 0 Å². The Labute approximate surface area is 192 Å². The second-order valence-corrected chi connectivity index (χ2v) is 8.75. The lowest BCUT2D eigenvalue weighted by atomic mass is 9.78. The molecule has 5 rings (SSSR count). The zero-order valence-corrected chi connectivity index (χ0v) is 18.4. The number of oxazole rings is 1. The van der Waals surface area contributed by atoms with E-state index in [1.54, 1.807) is 18.3 Å². The average Bonchev–Trinajstić information content (AvgIpc) is 3.52. The molecular weight excluding hydrogens is 423 g/mol. The molecule has 1 saturated carbocycles. The van der Waals surface area contributed by atoms with Crippen molar-refractivity contribution in [2.45, 2.75) is 43.9 Å². The van der Waals surface area contributed by atoms with Gasteiger partial charge in [-0.1, -0.05) is 18.9 Å². The van der Waals surface area contributed by atoms with E-state index in [-0.39, 0.29) is 17.1 Å². The number of nitrogens with zero attached hydrogens (tertiary/aromatic N) is 1. The third-order valence-electron chi connectivity index (χ3n) is 6.59. The number of amides is 1. The van der Waals surface area contributed by atoms with E-state index in [0.717, 1.165) is 42.7 Å². The molecule has 0 atom stereocenters. The first-order valence-electron chi connectivity index (χ1n) is 11.5. The molecule has 0 unspecified atom stereocenters. The minimum Gasteiger partial charge on any atom is -0.486 e. The van der Waals surface area contributed by atoms with Gasteiger partial charge in [0.25, 0.3) is 0 Å². The number of hydrogen-bond donors (Lipinski definition) is 1. The van der Waals surface area contributed by atoms with Crippen molar-refractivity contribution < 1.29 is 23.1 Å². The van der Waals surface area contributed by atoms with Crippen molar-refractivity contribution in [3.8, 4) is 22.8 Å². The Morgan fingerprint density at radius 2 is 1.79 bits per heavy atom. The minimum absolute atomic E-state index is 0.0275. The molecule has 33 heavy (non-hydrogen) atoms. The van der Waals surface area contributed by atoms with Crippen LogP contribution >= 0.6 is 0 Å². The molecule has 1 amide bonds. The largest absolute Gasteiger partial charge is 0.486 e. The van der Waals surface area contributed by atoms with Crippen molar-refractivity contribution in [3.63, 3.8) is 0 Å². The number of fused-ring (bicyclic) bond motifs is 1. The third kappa shape index (κ3) is 4.72. The number of aryl methyl sites for hydroxylation is 1. The first-order chi connectivity index (χ1) is 16.1. The summed E-state index contributed by atoms with van der Waals surface area (Å²) in [6.45, 7) is 1.73. The highest BCUT2D eigenvalue weighted by Gasteiger charge is 2.36. The van der Waals surface area contributed by atoms with E-state index in [1.165, 1.54) is 17.7 Å². The van der Waals surface area contributed by atoms with Crippen LogP contribution in [0.4, 0.5) is 4.39 Å². The average molecular weight is 451 g/mol. The molecule has 2 aromatic carbocycles. The van der Waals surface area contributed by atoms with Crippen LogP contribution in [0.1, 0.15) is 43.6 Å². The van der Waals surface area contributed by atoms with Gasteiger partial charge in [0.05, 0.1) is 6.20 Å². The van der Waals surface area contributed by atoms with E-state index < -0.39 is 0 Å². The van der Waals surface area contributed by atoms with Gasteiger partial charge in [-0.25, -0.2) is 9.37 Å². The Morgan fingerprint density at radius 1 is 1.03 bits per heavy atom. The number of rotatable bonds is 7. The van der Waals surface area contributed by atoms with Gasteiger partial charge in [0.1, 0.15) is 19.0 Å². The molecule has 0 saturated heterocycles. The maximum Gasteiger partial charge on any atom is 0.220 e. The van der Waals surface area contributed by atoms with Crippen molar-refractivity contribution in [3.05, 3.63) is 65.9 Å². The molecule has 1 aliphatic heterocycles. The van der Waals surface area contributed by atoms with Crippen molar-refractivity contribution in [2.24, 2.45) is 0 Å². The summed E-state index contributed by atoms with van der Waals surface area (Å²) in [5.41, 5.74) is 1.87. The Bertz CT molecular complexity index is 1120. The summed E-state index contributed by atoms with van der Waals surface area (Å²) >= 11 is 0. The number of carbonyl (C=O) groups is 1. The monoisotopic (exact) mass is 450 g/mol. The van der Waals surface area contributed by atoms with Crippen LogP contribution in [0.3, 0.4) is 0 Å². The van der Waals surface area contributed by atoms with Crippen LogP contribution in [0, 0.1) is 5.82 Å². The highest BCUT2D eigenvalue weighted by Crippen LogP contribution is 2.43. The summed E-state index contributed by atoms with van der Waals surface area (Å²) < 4.78 is 30.3. The summed E-state index contributed by atoms with van der Waals surface area (Å²) in [7, 11) is 0. The number of halogens is 1. The molecule has 1 aliphatic carbocycles. The molecule has 7 heteroatoms. The van der Waals surface area contributed by atoms with Crippen LogP contribution in [0.5, 0.6) is 11.5 Å². The molecular formula is C26H27FN2O4. The highest BCUT2D eigenvalue weighted by molar-refractivity contribution is 5.76. The lowest BCUT2D eigenvalue weighted by Gasteiger charge is -2.31. The fourth-order valence-electron chi connectivity index (χ4n) is 4.74. The SMILES string of the molecule is O=C(CCc1ncc(-c2ccc(F)cc2)o1)NCC1(c2ccc3c(c2)OCCO3)CCCC1. The smallest absolute Gasteiger partial charge is 0.220 e. The van der Waals surface area contributed by atoms with E-state index in [0.29, 0.717) is 44.3 Å². The van der Waals surface area contributed by atoms with E-state index in [4.69, 9.17) is 13.9 Å². The van der Waals surface area contributed by atoms with Crippen molar-refractivity contribution in [1.82, 2.24) is 10.3 Å². The number of nitrogens with one attached hydrogen (secondary N) is 1. The molecule has 2 heterocycles. The highest BCUT2D eigenvalue weighted by atomic mass is 19.1. The van der Waals surface area contributed by atoms with E-state index in [2.05, 4.69) is 22.4 Å². The first-order valence-corrected chi connectivity index (χ1v) is 11.5. The van der Waals surface area contributed by atoms with Gasteiger partial charge < -0.3 is 19.2 Å². The first kappa shape index (κ1) is 21.5. The van der Waals surface area contributed by atoms with Crippen molar-refractivity contribution >= 4 is 5.91 Å². The molecule has 172 valence electrons. The van der Waals surface area contributed by atoms with Crippen LogP contribution < -0.4 is 14.8 Å². The molecule has 3 aromatic rings. The molecule has 1 fully saturated rings.